The average Bonchev–Trinajstić information content (AvgIpc) is 2.87. The number of carbonyl (C=O) groups is 1. The zero-order chi connectivity index (χ0) is 19.9. The topological polar surface area (TPSA) is 53.2 Å². The Hall–Kier alpha value is -3.03. The van der Waals surface area contributed by atoms with Crippen molar-refractivity contribution >= 4 is 16.8 Å². The lowest BCUT2D eigenvalue weighted by molar-refractivity contribution is -0.0498. The number of ketones is 1. The van der Waals surface area contributed by atoms with E-state index in [1.165, 1.54) is 23.6 Å². The van der Waals surface area contributed by atoms with Gasteiger partial charge in [0.2, 0.25) is 0 Å². The molecule has 0 aliphatic carbocycles. The van der Waals surface area contributed by atoms with Crippen LogP contribution in [0.3, 0.4) is 0 Å². The van der Waals surface area contributed by atoms with Gasteiger partial charge in [-0.05, 0) is 51.1 Å². The molecule has 142 valence electrons. The third kappa shape index (κ3) is 3.34. The van der Waals surface area contributed by atoms with E-state index in [4.69, 9.17) is 0 Å². The number of aromatic nitrogens is 2. The molecule has 8 heteroatoms. The number of imidazole rings is 1. The molecule has 0 atom stereocenters. The fourth-order valence-electron chi connectivity index (χ4n) is 3.01. The second kappa shape index (κ2) is 6.94. The summed E-state index contributed by atoms with van der Waals surface area (Å²) in [6, 6.07) is 7.42. The number of fused-ring (bicyclic) bond motifs is 1. The number of benzene rings is 2. The van der Waals surface area contributed by atoms with Crippen LogP contribution in [0.5, 0.6) is 5.75 Å². The maximum atomic E-state index is 14.5. The van der Waals surface area contributed by atoms with Gasteiger partial charge in [-0.25, -0.2) is 9.18 Å². The molecule has 0 fully saturated rings. The molecule has 1 heterocycles. The Bertz CT molecular complexity index is 1080. The highest BCUT2D eigenvalue weighted by Gasteiger charge is 2.20. The van der Waals surface area contributed by atoms with Gasteiger partial charge in [-0.1, -0.05) is 0 Å². The number of carbonyl (C=O) groups excluding carboxylic acids is 1. The highest BCUT2D eigenvalue weighted by Crippen LogP contribution is 2.26. The lowest BCUT2D eigenvalue weighted by Gasteiger charge is -2.09. The van der Waals surface area contributed by atoms with Gasteiger partial charge in [0.05, 0.1) is 16.7 Å². The monoisotopic (exact) mass is 378 g/mol. The molecule has 3 aromatic rings. The van der Waals surface area contributed by atoms with Crippen molar-refractivity contribution in [3.8, 4) is 11.4 Å². The van der Waals surface area contributed by atoms with E-state index in [1.807, 2.05) is 0 Å². The van der Waals surface area contributed by atoms with E-state index in [1.54, 1.807) is 19.9 Å². The highest BCUT2D eigenvalue weighted by atomic mass is 19.3. The molecule has 0 spiro atoms. The normalized spacial score (nSPS) is 11.6. The Balaban J connectivity index is 2.34. The Kier molecular flexibility index (Phi) is 4.82. The summed E-state index contributed by atoms with van der Waals surface area (Å²) in [5.41, 5.74) is 0.449. The number of alkyl halides is 2. The van der Waals surface area contributed by atoms with Crippen LogP contribution < -0.4 is 10.4 Å². The van der Waals surface area contributed by atoms with Gasteiger partial charge in [-0.3, -0.25) is 13.9 Å². The van der Waals surface area contributed by atoms with Gasteiger partial charge >= 0.3 is 12.3 Å². The van der Waals surface area contributed by atoms with E-state index in [0.29, 0.717) is 16.6 Å². The molecule has 0 aliphatic rings. The van der Waals surface area contributed by atoms with Crippen LogP contribution >= 0.6 is 0 Å². The Morgan fingerprint density at radius 2 is 1.78 bits per heavy atom. The second-order valence-corrected chi connectivity index (χ2v) is 6.33. The molecule has 0 bridgehead atoms. The first-order chi connectivity index (χ1) is 12.7. The maximum Gasteiger partial charge on any atom is 0.387 e. The van der Waals surface area contributed by atoms with Crippen molar-refractivity contribution in [2.24, 2.45) is 0 Å². The van der Waals surface area contributed by atoms with Gasteiger partial charge < -0.3 is 4.74 Å². The quantitative estimate of drug-likeness (QED) is 0.622. The van der Waals surface area contributed by atoms with Crippen LogP contribution in [0.15, 0.2) is 41.2 Å². The molecule has 0 radical (unpaired) electrons. The zero-order valence-electron chi connectivity index (χ0n) is 14.9. The number of hydrogen-bond donors (Lipinski definition) is 0. The summed E-state index contributed by atoms with van der Waals surface area (Å²) in [6.45, 7) is 1.88. The highest BCUT2D eigenvalue weighted by molar-refractivity contribution is 5.97. The molecule has 0 unspecified atom stereocenters. The Morgan fingerprint density at radius 3 is 2.37 bits per heavy atom. The minimum atomic E-state index is -3.07. The van der Waals surface area contributed by atoms with Gasteiger partial charge in [-0.15, -0.1) is 0 Å². The predicted octanol–water partition coefficient (Wildman–Crippen LogP) is 4.32. The van der Waals surface area contributed by atoms with Gasteiger partial charge in [0.15, 0.2) is 5.78 Å². The summed E-state index contributed by atoms with van der Waals surface area (Å²) < 4.78 is 46.3. The van der Waals surface area contributed by atoms with Crippen LogP contribution in [0.25, 0.3) is 16.7 Å². The van der Waals surface area contributed by atoms with Gasteiger partial charge in [-0.2, -0.15) is 8.78 Å². The third-order valence-corrected chi connectivity index (χ3v) is 4.18. The largest absolute Gasteiger partial charge is 0.435 e. The van der Waals surface area contributed by atoms with E-state index in [0.717, 1.165) is 22.8 Å². The summed E-state index contributed by atoms with van der Waals surface area (Å²) in [5, 5.41) is 0. The fraction of sp³-hybridized carbons (Fsp3) is 0.263. The van der Waals surface area contributed by atoms with Crippen LogP contribution in [0, 0.1) is 5.82 Å². The number of Topliss-reactive ketones (excluding diaryl/α,β-unsaturated/α-hetero) is 1. The van der Waals surface area contributed by atoms with Crippen LogP contribution in [0.1, 0.15) is 37.2 Å². The van der Waals surface area contributed by atoms with E-state index in [9.17, 15) is 22.8 Å². The van der Waals surface area contributed by atoms with Crippen molar-refractivity contribution in [1.82, 2.24) is 9.13 Å². The van der Waals surface area contributed by atoms with E-state index in [-0.39, 0.29) is 23.3 Å². The molecule has 3 rings (SSSR count). The molecule has 0 saturated carbocycles. The van der Waals surface area contributed by atoms with Gasteiger partial charge in [0.1, 0.15) is 11.6 Å². The Morgan fingerprint density at radius 1 is 1.07 bits per heavy atom. The van der Waals surface area contributed by atoms with Crippen molar-refractivity contribution in [3.63, 3.8) is 0 Å². The standard InChI is InChI=1S/C19H17F3N2O3/c1-10(2)23-17-8-12(11(3)25)4-7-15(17)24(19(23)26)16-9-13(27-18(21)22)5-6-14(16)20/h4-10,18H,1-3H3. The van der Waals surface area contributed by atoms with Crippen molar-refractivity contribution in [1.29, 1.82) is 0 Å². The van der Waals surface area contributed by atoms with Crippen LogP contribution in [-0.2, 0) is 0 Å². The SMILES string of the molecule is CC(=O)c1ccc2c(c1)n(C(C)C)c(=O)n2-c1cc(OC(F)F)ccc1F. The summed E-state index contributed by atoms with van der Waals surface area (Å²) in [5.74, 6) is -1.21. The smallest absolute Gasteiger partial charge is 0.387 e. The summed E-state index contributed by atoms with van der Waals surface area (Å²) in [7, 11) is 0. The third-order valence-electron chi connectivity index (χ3n) is 4.18. The van der Waals surface area contributed by atoms with Crippen molar-refractivity contribution < 1.29 is 22.7 Å². The number of ether oxygens (including phenoxy) is 1. The number of nitrogens with zero attached hydrogens (tertiary/aromatic N) is 2. The van der Waals surface area contributed by atoms with E-state index < -0.39 is 18.1 Å². The first-order valence-corrected chi connectivity index (χ1v) is 8.23. The second-order valence-electron chi connectivity index (χ2n) is 6.33. The lowest BCUT2D eigenvalue weighted by atomic mass is 10.1. The summed E-state index contributed by atoms with van der Waals surface area (Å²) >= 11 is 0. The number of halogens is 3. The molecule has 0 N–H and O–H groups in total. The molecule has 2 aromatic carbocycles. The first-order valence-electron chi connectivity index (χ1n) is 8.23. The molecular formula is C19H17F3N2O3. The minimum absolute atomic E-state index is 0.175. The number of rotatable bonds is 5. The van der Waals surface area contributed by atoms with E-state index >= 15 is 0 Å². The van der Waals surface area contributed by atoms with Crippen LogP contribution in [0.4, 0.5) is 13.2 Å². The molecule has 1 aromatic heterocycles. The lowest BCUT2D eigenvalue weighted by Crippen LogP contribution is -2.25. The zero-order valence-corrected chi connectivity index (χ0v) is 14.9. The maximum absolute atomic E-state index is 14.5. The summed E-state index contributed by atoms with van der Waals surface area (Å²) in [6.07, 6.45) is 0. The Labute approximate surface area is 152 Å². The predicted molar refractivity (Wildman–Crippen MR) is 94.5 cm³/mol. The number of hydrogen-bond acceptors (Lipinski definition) is 3. The average molecular weight is 378 g/mol. The van der Waals surface area contributed by atoms with Gasteiger partial charge in [0.25, 0.3) is 0 Å². The fourth-order valence-corrected chi connectivity index (χ4v) is 3.01. The van der Waals surface area contributed by atoms with E-state index in [2.05, 4.69) is 4.74 Å². The molecule has 0 amide bonds. The van der Waals surface area contributed by atoms with Crippen LogP contribution in [0.2, 0.25) is 0 Å². The summed E-state index contributed by atoms with van der Waals surface area (Å²) in [4.78, 5) is 24.7. The molecule has 0 aliphatic heterocycles. The molecule has 5 nitrogen and oxygen atoms in total. The molecule has 0 saturated heterocycles. The van der Waals surface area contributed by atoms with Gasteiger partial charge in [0, 0.05) is 17.7 Å². The minimum Gasteiger partial charge on any atom is -0.435 e. The van der Waals surface area contributed by atoms with Crippen LogP contribution in [-0.4, -0.2) is 21.5 Å². The molecule has 27 heavy (non-hydrogen) atoms. The molecular weight excluding hydrogens is 361 g/mol. The first kappa shape index (κ1) is 18.8. The van der Waals surface area contributed by atoms with Crippen molar-refractivity contribution in [3.05, 3.63) is 58.3 Å². The van der Waals surface area contributed by atoms with Crippen molar-refractivity contribution in [2.45, 2.75) is 33.4 Å². The van der Waals surface area contributed by atoms with Crippen molar-refractivity contribution in [2.75, 3.05) is 0 Å².